The molecule has 8 heteroatoms. The SMILES string of the molecule is CCN1CCN(C(=O)c2coc(CSc3nc4cc(C)ccc4o3)n2)CC1. The normalized spacial score (nSPS) is 15.6. The van der Waals surface area contributed by atoms with E-state index in [2.05, 4.69) is 21.8 Å². The van der Waals surface area contributed by atoms with Gasteiger partial charge in [0.05, 0.1) is 5.75 Å². The molecule has 1 amide bonds. The van der Waals surface area contributed by atoms with Crippen molar-refractivity contribution >= 4 is 28.8 Å². The van der Waals surface area contributed by atoms with Crippen LogP contribution in [0.3, 0.4) is 0 Å². The van der Waals surface area contributed by atoms with Gasteiger partial charge in [0, 0.05) is 26.2 Å². The van der Waals surface area contributed by atoms with E-state index in [1.807, 2.05) is 30.0 Å². The number of carbonyl (C=O) groups is 1. The van der Waals surface area contributed by atoms with Crippen LogP contribution in [0.15, 0.2) is 38.5 Å². The molecule has 0 atom stereocenters. The predicted molar refractivity (Wildman–Crippen MR) is 103 cm³/mol. The second-order valence-corrected chi connectivity index (χ2v) is 7.52. The Morgan fingerprint density at radius 1 is 1.22 bits per heavy atom. The summed E-state index contributed by atoms with van der Waals surface area (Å²) in [6.07, 6.45) is 1.44. The molecule has 2 aromatic heterocycles. The average molecular weight is 386 g/mol. The Morgan fingerprint density at radius 2 is 2.04 bits per heavy atom. The number of rotatable bonds is 5. The molecule has 4 rings (SSSR count). The molecule has 0 spiro atoms. The van der Waals surface area contributed by atoms with Crippen LogP contribution >= 0.6 is 11.8 Å². The summed E-state index contributed by atoms with van der Waals surface area (Å²) in [7, 11) is 0. The van der Waals surface area contributed by atoms with Crippen LogP contribution in [0, 0.1) is 6.92 Å². The van der Waals surface area contributed by atoms with Gasteiger partial charge in [-0.05, 0) is 31.2 Å². The highest BCUT2D eigenvalue weighted by molar-refractivity contribution is 7.98. The minimum absolute atomic E-state index is 0.0666. The fourth-order valence-corrected chi connectivity index (χ4v) is 3.80. The van der Waals surface area contributed by atoms with Gasteiger partial charge in [-0.15, -0.1) is 0 Å². The number of benzene rings is 1. The lowest BCUT2D eigenvalue weighted by Crippen LogP contribution is -2.48. The van der Waals surface area contributed by atoms with Crippen molar-refractivity contribution in [3.63, 3.8) is 0 Å². The fraction of sp³-hybridized carbons (Fsp3) is 0.421. The highest BCUT2D eigenvalue weighted by Gasteiger charge is 2.24. The van der Waals surface area contributed by atoms with E-state index < -0.39 is 0 Å². The number of thioether (sulfide) groups is 1. The third kappa shape index (κ3) is 4.01. The van der Waals surface area contributed by atoms with Crippen molar-refractivity contribution in [3.8, 4) is 0 Å². The summed E-state index contributed by atoms with van der Waals surface area (Å²) in [6.45, 7) is 8.44. The van der Waals surface area contributed by atoms with Gasteiger partial charge < -0.3 is 18.6 Å². The molecule has 0 unspecified atom stereocenters. The number of hydrogen-bond donors (Lipinski definition) is 0. The van der Waals surface area contributed by atoms with Gasteiger partial charge in [0.15, 0.2) is 11.3 Å². The molecule has 1 saturated heterocycles. The largest absolute Gasteiger partial charge is 0.447 e. The van der Waals surface area contributed by atoms with Crippen LogP contribution in [0.1, 0.15) is 28.9 Å². The van der Waals surface area contributed by atoms with Gasteiger partial charge in [-0.25, -0.2) is 9.97 Å². The molecule has 1 fully saturated rings. The highest BCUT2D eigenvalue weighted by atomic mass is 32.2. The van der Waals surface area contributed by atoms with Crippen molar-refractivity contribution in [1.82, 2.24) is 19.8 Å². The topological polar surface area (TPSA) is 75.6 Å². The summed E-state index contributed by atoms with van der Waals surface area (Å²) >= 11 is 1.40. The van der Waals surface area contributed by atoms with Crippen molar-refractivity contribution < 1.29 is 13.6 Å². The number of aryl methyl sites for hydroxylation is 1. The lowest BCUT2D eigenvalue weighted by molar-refractivity contribution is 0.0637. The van der Waals surface area contributed by atoms with Crippen LogP contribution in [-0.4, -0.2) is 58.4 Å². The van der Waals surface area contributed by atoms with Gasteiger partial charge in [0.1, 0.15) is 11.8 Å². The van der Waals surface area contributed by atoms with Gasteiger partial charge in [0.2, 0.25) is 5.89 Å². The van der Waals surface area contributed by atoms with Gasteiger partial charge in [-0.3, -0.25) is 4.79 Å². The molecule has 1 aliphatic heterocycles. The second kappa shape index (κ2) is 7.74. The van der Waals surface area contributed by atoms with Crippen molar-refractivity contribution in [2.24, 2.45) is 0 Å². The summed E-state index contributed by atoms with van der Waals surface area (Å²) in [5.74, 6) is 0.889. The summed E-state index contributed by atoms with van der Waals surface area (Å²) in [5, 5.41) is 0.567. The molecule has 0 aliphatic carbocycles. The molecule has 0 N–H and O–H groups in total. The molecule has 0 bridgehead atoms. The maximum absolute atomic E-state index is 12.6. The van der Waals surface area contributed by atoms with Gasteiger partial charge >= 0.3 is 0 Å². The summed E-state index contributed by atoms with van der Waals surface area (Å²) in [4.78, 5) is 25.6. The summed E-state index contributed by atoms with van der Waals surface area (Å²) in [5.41, 5.74) is 3.11. The maximum Gasteiger partial charge on any atom is 0.275 e. The molecule has 27 heavy (non-hydrogen) atoms. The maximum atomic E-state index is 12.6. The Labute approximate surface area is 161 Å². The van der Waals surface area contributed by atoms with E-state index in [4.69, 9.17) is 8.83 Å². The first-order valence-electron chi connectivity index (χ1n) is 9.08. The highest BCUT2D eigenvalue weighted by Crippen LogP contribution is 2.26. The second-order valence-electron chi connectivity index (χ2n) is 6.59. The Hall–Kier alpha value is -2.32. The molecule has 1 aromatic carbocycles. The smallest absolute Gasteiger partial charge is 0.275 e. The van der Waals surface area contributed by atoms with E-state index in [9.17, 15) is 4.79 Å². The van der Waals surface area contributed by atoms with Crippen molar-refractivity contribution in [3.05, 3.63) is 41.6 Å². The number of nitrogens with zero attached hydrogens (tertiary/aromatic N) is 4. The van der Waals surface area contributed by atoms with Crippen LogP contribution in [0.2, 0.25) is 0 Å². The minimum atomic E-state index is -0.0666. The molecule has 0 saturated carbocycles. The zero-order valence-corrected chi connectivity index (χ0v) is 16.3. The molecule has 3 aromatic rings. The first kappa shape index (κ1) is 18.1. The number of likely N-dealkylation sites (N-methyl/N-ethyl adjacent to an activating group) is 1. The molecule has 1 aliphatic rings. The van der Waals surface area contributed by atoms with E-state index >= 15 is 0 Å². The van der Waals surface area contributed by atoms with E-state index in [0.29, 0.717) is 22.6 Å². The van der Waals surface area contributed by atoms with Gasteiger partial charge in [-0.2, -0.15) is 0 Å². The summed E-state index contributed by atoms with van der Waals surface area (Å²) < 4.78 is 11.2. The Bertz CT molecular complexity index is 943. The summed E-state index contributed by atoms with van der Waals surface area (Å²) in [6, 6.07) is 5.90. The van der Waals surface area contributed by atoms with E-state index in [0.717, 1.165) is 49.4 Å². The molecule has 142 valence electrons. The van der Waals surface area contributed by atoms with E-state index in [1.165, 1.54) is 18.0 Å². The first-order chi connectivity index (χ1) is 13.1. The number of oxazole rings is 2. The number of carbonyl (C=O) groups excluding carboxylic acids is 1. The molecular weight excluding hydrogens is 364 g/mol. The molecule has 3 heterocycles. The lowest BCUT2D eigenvalue weighted by atomic mass is 10.2. The first-order valence-corrected chi connectivity index (χ1v) is 10.1. The standard InChI is InChI=1S/C19H22N4O3S/c1-3-22-6-8-23(9-7-22)18(24)15-11-25-17(20-15)12-27-19-21-14-10-13(2)4-5-16(14)26-19/h4-5,10-11H,3,6-9,12H2,1-2H3. The molecule has 0 radical (unpaired) electrons. The zero-order valence-electron chi connectivity index (χ0n) is 15.5. The fourth-order valence-electron chi connectivity index (χ4n) is 3.11. The lowest BCUT2D eigenvalue weighted by Gasteiger charge is -2.33. The van der Waals surface area contributed by atoms with Crippen molar-refractivity contribution in [1.29, 1.82) is 0 Å². The number of piperazine rings is 1. The van der Waals surface area contributed by atoms with Crippen LogP contribution in [0.25, 0.3) is 11.1 Å². The van der Waals surface area contributed by atoms with Crippen LogP contribution in [0.5, 0.6) is 0 Å². The average Bonchev–Trinajstić information content (AvgIpc) is 3.32. The Kier molecular flexibility index (Phi) is 5.18. The quantitative estimate of drug-likeness (QED) is 0.623. The van der Waals surface area contributed by atoms with Crippen LogP contribution in [-0.2, 0) is 5.75 Å². The Balaban J connectivity index is 1.36. The molecular formula is C19H22N4O3S. The minimum Gasteiger partial charge on any atom is -0.447 e. The number of hydrogen-bond acceptors (Lipinski definition) is 7. The van der Waals surface area contributed by atoms with Gasteiger partial charge in [-0.1, -0.05) is 24.8 Å². The third-order valence-corrected chi connectivity index (χ3v) is 5.53. The van der Waals surface area contributed by atoms with Crippen LogP contribution < -0.4 is 0 Å². The monoisotopic (exact) mass is 386 g/mol. The van der Waals surface area contributed by atoms with Gasteiger partial charge in [0.25, 0.3) is 11.1 Å². The number of aromatic nitrogens is 2. The Morgan fingerprint density at radius 3 is 2.81 bits per heavy atom. The zero-order chi connectivity index (χ0) is 18.8. The predicted octanol–water partition coefficient (Wildman–Crippen LogP) is 3.19. The third-order valence-electron chi connectivity index (χ3n) is 4.72. The molecule has 7 nitrogen and oxygen atoms in total. The van der Waals surface area contributed by atoms with Crippen molar-refractivity contribution in [2.75, 3.05) is 32.7 Å². The van der Waals surface area contributed by atoms with Crippen LogP contribution in [0.4, 0.5) is 0 Å². The number of fused-ring (bicyclic) bond motifs is 1. The van der Waals surface area contributed by atoms with E-state index in [1.54, 1.807) is 0 Å². The number of amides is 1. The van der Waals surface area contributed by atoms with E-state index in [-0.39, 0.29) is 5.91 Å². The van der Waals surface area contributed by atoms with Crippen molar-refractivity contribution in [2.45, 2.75) is 24.8 Å².